The highest BCUT2D eigenvalue weighted by Gasteiger charge is 2.11. The van der Waals surface area contributed by atoms with E-state index in [1.54, 1.807) is 6.20 Å². The average Bonchev–Trinajstić information content (AvgIpc) is 2.37. The van der Waals surface area contributed by atoms with E-state index in [-0.39, 0.29) is 5.82 Å². The monoisotopic (exact) mass is 252 g/mol. The molecule has 0 aliphatic carbocycles. The highest BCUT2D eigenvalue weighted by atomic mass is 19.1. The molecule has 3 rings (SSSR count). The molecule has 0 radical (unpaired) electrons. The number of benzene rings is 2. The van der Waals surface area contributed by atoms with E-state index in [1.165, 1.54) is 6.07 Å². The molecule has 0 bridgehead atoms. The fourth-order valence-corrected chi connectivity index (χ4v) is 2.32. The van der Waals surface area contributed by atoms with Gasteiger partial charge in [-0.1, -0.05) is 18.2 Å². The molecule has 3 aromatic rings. The standard InChI is InChI=1S/C16H13FN2/c1-10-7-11(2)16(12(17)8-10)15-9-18-13-5-3-4-6-14(13)19-15/h3-9H,1-2H3. The van der Waals surface area contributed by atoms with E-state index >= 15 is 0 Å². The van der Waals surface area contributed by atoms with Gasteiger partial charge >= 0.3 is 0 Å². The molecule has 19 heavy (non-hydrogen) atoms. The lowest BCUT2D eigenvalue weighted by atomic mass is 10.0. The van der Waals surface area contributed by atoms with Gasteiger partial charge in [0, 0.05) is 5.56 Å². The molecule has 0 spiro atoms. The summed E-state index contributed by atoms with van der Waals surface area (Å²) < 4.78 is 14.1. The van der Waals surface area contributed by atoms with Crippen LogP contribution in [0.1, 0.15) is 11.1 Å². The highest BCUT2D eigenvalue weighted by Crippen LogP contribution is 2.26. The summed E-state index contributed by atoms with van der Waals surface area (Å²) in [6.07, 6.45) is 1.63. The van der Waals surface area contributed by atoms with Crippen molar-refractivity contribution in [3.8, 4) is 11.3 Å². The van der Waals surface area contributed by atoms with Gasteiger partial charge in [-0.2, -0.15) is 0 Å². The molecule has 2 aromatic carbocycles. The number of fused-ring (bicyclic) bond motifs is 1. The number of hydrogen-bond donors (Lipinski definition) is 0. The van der Waals surface area contributed by atoms with Crippen molar-refractivity contribution in [2.24, 2.45) is 0 Å². The Morgan fingerprint density at radius 2 is 1.74 bits per heavy atom. The molecule has 0 N–H and O–H groups in total. The zero-order valence-electron chi connectivity index (χ0n) is 10.8. The second-order valence-electron chi connectivity index (χ2n) is 4.68. The van der Waals surface area contributed by atoms with Crippen LogP contribution in [0.4, 0.5) is 4.39 Å². The van der Waals surface area contributed by atoms with Crippen molar-refractivity contribution >= 4 is 11.0 Å². The van der Waals surface area contributed by atoms with E-state index in [0.717, 1.165) is 22.2 Å². The van der Waals surface area contributed by atoms with Crippen molar-refractivity contribution < 1.29 is 4.39 Å². The van der Waals surface area contributed by atoms with E-state index < -0.39 is 0 Å². The fourth-order valence-electron chi connectivity index (χ4n) is 2.32. The third-order valence-electron chi connectivity index (χ3n) is 3.14. The quantitative estimate of drug-likeness (QED) is 0.653. The largest absolute Gasteiger partial charge is 0.252 e. The second-order valence-corrected chi connectivity index (χ2v) is 4.68. The van der Waals surface area contributed by atoms with Gasteiger partial charge in [0.05, 0.1) is 22.9 Å². The van der Waals surface area contributed by atoms with Crippen LogP contribution in [0.5, 0.6) is 0 Å². The minimum absolute atomic E-state index is 0.248. The minimum Gasteiger partial charge on any atom is -0.252 e. The number of rotatable bonds is 1. The van der Waals surface area contributed by atoms with Crippen molar-refractivity contribution in [2.75, 3.05) is 0 Å². The summed E-state index contributed by atoms with van der Waals surface area (Å²) >= 11 is 0. The van der Waals surface area contributed by atoms with E-state index in [2.05, 4.69) is 9.97 Å². The van der Waals surface area contributed by atoms with Crippen LogP contribution in [-0.2, 0) is 0 Å². The molecule has 0 aliphatic heterocycles. The molecule has 0 unspecified atom stereocenters. The van der Waals surface area contributed by atoms with Crippen molar-refractivity contribution in [3.05, 3.63) is 59.5 Å². The molecule has 0 amide bonds. The first-order valence-corrected chi connectivity index (χ1v) is 6.14. The van der Waals surface area contributed by atoms with Crippen LogP contribution in [0.25, 0.3) is 22.3 Å². The lowest BCUT2D eigenvalue weighted by Crippen LogP contribution is -1.95. The molecular weight excluding hydrogens is 239 g/mol. The van der Waals surface area contributed by atoms with Gasteiger partial charge in [0.15, 0.2) is 0 Å². The number of aryl methyl sites for hydroxylation is 2. The first kappa shape index (κ1) is 11.8. The Balaban J connectivity index is 2.25. The van der Waals surface area contributed by atoms with E-state index in [9.17, 15) is 4.39 Å². The predicted octanol–water partition coefficient (Wildman–Crippen LogP) is 4.05. The highest BCUT2D eigenvalue weighted by molar-refractivity contribution is 5.77. The van der Waals surface area contributed by atoms with Crippen LogP contribution in [0, 0.1) is 19.7 Å². The van der Waals surface area contributed by atoms with Gasteiger partial charge in [0.25, 0.3) is 0 Å². The van der Waals surface area contributed by atoms with Gasteiger partial charge in [0.2, 0.25) is 0 Å². The van der Waals surface area contributed by atoms with Gasteiger partial charge in [-0.05, 0) is 43.2 Å². The zero-order valence-corrected chi connectivity index (χ0v) is 10.8. The van der Waals surface area contributed by atoms with Crippen molar-refractivity contribution in [3.63, 3.8) is 0 Å². The van der Waals surface area contributed by atoms with Gasteiger partial charge in [-0.15, -0.1) is 0 Å². The Hall–Kier alpha value is -2.29. The minimum atomic E-state index is -0.248. The Bertz CT molecular complexity index is 743. The maximum absolute atomic E-state index is 14.1. The summed E-state index contributed by atoms with van der Waals surface area (Å²) in [7, 11) is 0. The number of halogens is 1. The van der Waals surface area contributed by atoms with Gasteiger partial charge in [-0.25, -0.2) is 9.37 Å². The third-order valence-corrected chi connectivity index (χ3v) is 3.14. The summed E-state index contributed by atoms with van der Waals surface area (Å²) in [5, 5.41) is 0. The third kappa shape index (κ3) is 2.08. The topological polar surface area (TPSA) is 25.8 Å². The van der Waals surface area contributed by atoms with Gasteiger partial charge in [0.1, 0.15) is 5.82 Å². The van der Waals surface area contributed by atoms with Gasteiger partial charge < -0.3 is 0 Å². The SMILES string of the molecule is Cc1cc(C)c(-c2cnc3ccccc3n2)c(F)c1. The number of aromatic nitrogens is 2. The van der Waals surface area contributed by atoms with Crippen LogP contribution < -0.4 is 0 Å². The Morgan fingerprint density at radius 3 is 2.47 bits per heavy atom. The molecule has 0 fully saturated rings. The van der Waals surface area contributed by atoms with E-state index in [1.807, 2.05) is 44.2 Å². The van der Waals surface area contributed by atoms with Crippen LogP contribution in [0.2, 0.25) is 0 Å². The maximum Gasteiger partial charge on any atom is 0.133 e. The molecule has 2 nitrogen and oxygen atoms in total. The fraction of sp³-hybridized carbons (Fsp3) is 0.125. The first-order chi connectivity index (χ1) is 9.15. The van der Waals surface area contributed by atoms with Crippen molar-refractivity contribution in [1.29, 1.82) is 0 Å². The summed E-state index contributed by atoms with van der Waals surface area (Å²) in [6, 6.07) is 11.1. The predicted molar refractivity (Wildman–Crippen MR) is 74.4 cm³/mol. The number of nitrogens with zero attached hydrogens (tertiary/aromatic N) is 2. The van der Waals surface area contributed by atoms with E-state index in [0.29, 0.717) is 11.3 Å². The molecule has 0 aliphatic rings. The summed E-state index contributed by atoms with van der Waals surface area (Å²) in [5.74, 6) is -0.248. The molecule has 0 saturated carbocycles. The maximum atomic E-state index is 14.1. The molecule has 0 saturated heterocycles. The smallest absolute Gasteiger partial charge is 0.133 e. The van der Waals surface area contributed by atoms with E-state index in [4.69, 9.17) is 0 Å². The molecule has 1 heterocycles. The Kier molecular flexibility index (Phi) is 2.75. The van der Waals surface area contributed by atoms with Crippen molar-refractivity contribution in [2.45, 2.75) is 13.8 Å². The number of hydrogen-bond acceptors (Lipinski definition) is 2. The summed E-state index contributed by atoms with van der Waals surface area (Å²) in [4.78, 5) is 8.83. The zero-order chi connectivity index (χ0) is 13.4. The second kappa shape index (κ2) is 4.43. The summed E-state index contributed by atoms with van der Waals surface area (Å²) in [6.45, 7) is 3.77. The lowest BCUT2D eigenvalue weighted by molar-refractivity contribution is 0.628. The van der Waals surface area contributed by atoms with Crippen LogP contribution in [0.3, 0.4) is 0 Å². The molecule has 0 atom stereocenters. The van der Waals surface area contributed by atoms with Crippen LogP contribution in [0.15, 0.2) is 42.6 Å². The lowest BCUT2D eigenvalue weighted by Gasteiger charge is -2.08. The molecule has 94 valence electrons. The number of para-hydroxylation sites is 2. The Labute approximate surface area is 111 Å². The molecule has 3 heteroatoms. The summed E-state index contributed by atoms with van der Waals surface area (Å²) in [5.41, 5.74) is 4.49. The normalized spacial score (nSPS) is 10.9. The van der Waals surface area contributed by atoms with Crippen molar-refractivity contribution in [1.82, 2.24) is 9.97 Å². The van der Waals surface area contributed by atoms with Crippen LogP contribution >= 0.6 is 0 Å². The van der Waals surface area contributed by atoms with Gasteiger partial charge in [-0.3, -0.25) is 4.98 Å². The van der Waals surface area contributed by atoms with Crippen LogP contribution in [-0.4, -0.2) is 9.97 Å². The first-order valence-electron chi connectivity index (χ1n) is 6.14. The Morgan fingerprint density at radius 1 is 1.00 bits per heavy atom. The molecule has 1 aromatic heterocycles. The molecular formula is C16H13FN2. The average molecular weight is 252 g/mol.